The molecule has 0 unspecified atom stereocenters. The molecule has 0 aromatic heterocycles. The summed E-state index contributed by atoms with van der Waals surface area (Å²) in [6, 6.07) is 15.8. The molecule has 0 spiro atoms. The first-order chi connectivity index (χ1) is 12.0. The van der Waals surface area contributed by atoms with Crippen molar-refractivity contribution in [1.82, 2.24) is 0 Å². The Balaban J connectivity index is 2.21. The highest BCUT2D eigenvalue weighted by Crippen LogP contribution is 2.18. The van der Waals surface area contributed by atoms with Crippen molar-refractivity contribution in [2.45, 2.75) is 11.3 Å². The monoisotopic (exact) mass is 355 g/mol. The van der Waals surface area contributed by atoms with Crippen molar-refractivity contribution in [3.63, 3.8) is 0 Å². The van der Waals surface area contributed by atoms with E-state index >= 15 is 0 Å². The molecule has 0 heterocycles. The number of oxime groups is 1. The molecule has 2 rings (SSSR count). The number of hydrogen-bond donors (Lipinski definition) is 0. The van der Waals surface area contributed by atoms with Gasteiger partial charge in [0.2, 0.25) is 0 Å². The normalized spacial score (nSPS) is 11.2. The number of nitrogens with zero attached hydrogens (tertiary/aromatic N) is 3. The minimum Gasteiger partial charge on any atom is -0.497 e. The van der Waals surface area contributed by atoms with E-state index in [4.69, 9.17) is 15.3 Å². The van der Waals surface area contributed by atoms with Gasteiger partial charge in [0.1, 0.15) is 16.7 Å². The molecule has 0 saturated carbocycles. The highest BCUT2D eigenvalue weighted by Gasteiger charge is 2.17. The summed E-state index contributed by atoms with van der Waals surface area (Å²) >= 11 is 0. The van der Waals surface area contributed by atoms with E-state index in [0.717, 1.165) is 5.56 Å². The van der Waals surface area contributed by atoms with E-state index in [1.807, 2.05) is 6.07 Å². The minimum absolute atomic E-state index is 0.112. The van der Waals surface area contributed by atoms with Gasteiger partial charge in [-0.3, -0.25) is 4.28 Å². The van der Waals surface area contributed by atoms with Crippen molar-refractivity contribution < 1.29 is 17.4 Å². The Morgan fingerprint density at radius 2 is 1.72 bits per heavy atom. The average Bonchev–Trinajstić information content (AvgIpc) is 2.64. The van der Waals surface area contributed by atoms with Crippen LogP contribution in [0.4, 0.5) is 0 Å². The van der Waals surface area contributed by atoms with Crippen molar-refractivity contribution in [2.24, 2.45) is 5.16 Å². The summed E-state index contributed by atoms with van der Waals surface area (Å²) < 4.78 is 33.8. The van der Waals surface area contributed by atoms with Crippen LogP contribution < -0.4 is 4.74 Å². The van der Waals surface area contributed by atoms with Crippen molar-refractivity contribution in [3.8, 4) is 17.9 Å². The van der Waals surface area contributed by atoms with E-state index < -0.39 is 10.1 Å². The van der Waals surface area contributed by atoms with E-state index in [9.17, 15) is 8.42 Å². The third kappa shape index (κ3) is 4.56. The first-order valence-corrected chi connectivity index (χ1v) is 8.43. The van der Waals surface area contributed by atoms with Crippen molar-refractivity contribution in [2.75, 3.05) is 7.11 Å². The summed E-state index contributed by atoms with van der Waals surface area (Å²) in [7, 11) is -2.69. The highest BCUT2D eigenvalue weighted by molar-refractivity contribution is 7.86. The largest absolute Gasteiger partial charge is 0.497 e. The van der Waals surface area contributed by atoms with Gasteiger partial charge in [-0.2, -0.15) is 18.9 Å². The first-order valence-electron chi connectivity index (χ1n) is 7.02. The van der Waals surface area contributed by atoms with E-state index in [0.29, 0.717) is 11.3 Å². The Kier molecular flexibility index (Phi) is 5.72. The van der Waals surface area contributed by atoms with Crippen molar-refractivity contribution >= 4 is 15.8 Å². The lowest BCUT2D eigenvalue weighted by Crippen LogP contribution is -2.06. The maximum atomic E-state index is 12.1. The molecule has 0 radical (unpaired) electrons. The molecule has 2 aromatic rings. The molecule has 0 N–H and O–H groups in total. The van der Waals surface area contributed by atoms with Gasteiger partial charge in [-0.15, -0.1) is 0 Å². The molecule has 0 amide bonds. The number of hydrogen-bond acceptors (Lipinski definition) is 7. The minimum atomic E-state index is -4.15. The van der Waals surface area contributed by atoms with Gasteiger partial charge < -0.3 is 4.74 Å². The zero-order valence-electron chi connectivity index (χ0n) is 13.2. The molecule has 0 bridgehead atoms. The lowest BCUT2D eigenvalue weighted by Gasteiger charge is -2.04. The van der Waals surface area contributed by atoms with Crippen LogP contribution in [0, 0.1) is 22.7 Å². The average molecular weight is 355 g/mol. The van der Waals surface area contributed by atoms with Crippen LogP contribution in [-0.2, 0) is 20.8 Å². The Morgan fingerprint density at radius 1 is 1.08 bits per heavy atom. The lowest BCUT2D eigenvalue weighted by molar-refractivity contribution is 0.339. The van der Waals surface area contributed by atoms with Gasteiger partial charge in [-0.05, 0) is 29.8 Å². The Bertz CT molecular complexity index is 951. The summed E-state index contributed by atoms with van der Waals surface area (Å²) in [4.78, 5) is -0.112. The fourth-order valence-corrected chi connectivity index (χ4v) is 2.61. The third-order valence-corrected chi connectivity index (χ3v) is 4.31. The summed E-state index contributed by atoms with van der Waals surface area (Å²) in [5.74, 6) is 0.498. The van der Waals surface area contributed by atoms with E-state index in [1.165, 1.54) is 31.4 Å². The predicted molar refractivity (Wildman–Crippen MR) is 89.2 cm³/mol. The maximum Gasteiger partial charge on any atom is 0.358 e. The smallest absolute Gasteiger partial charge is 0.358 e. The van der Waals surface area contributed by atoms with Gasteiger partial charge in [-0.1, -0.05) is 29.4 Å². The van der Waals surface area contributed by atoms with Gasteiger partial charge in [0.05, 0.1) is 19.6 Å². The second kappa shape index (κ2) is 7.95. The molecule has 2 aromatic carbocycles. The molecule has 0 aliphatic heterocycles. The van der Waals surface area contributed by atoms with Crippen LogP contribution in [0.3, 0.4) is 0 Å². The summed E-state index contributed by atoms with van der Waals surface area (Å²) in [5.41, 5.74) is 0.963. The second-order valence-electron chi connectivity index (χ2n) is 4.79. The zero-order valence-corrected chi connectivity index (χ0v) is 14.0. The van der Waals surface area contributed by atoms with Crippen LogP contribution in [0.15, 0.2) is 58.6 Å². The standard InChI is InChI=1S/C17H13N3O4S/c1-23-15-6-8-16(9-7-15)25(21,22)24-20-17(12-19)14-4-2-13(3-5-14)10-11-18/h2-9H,10H2,1H3. The molecule has 25 heavy (non-hydrogen) atoms. The maximum absolute atomic E-state index is 12.1. The fourth-order valence-electron chi connectivity index (χ4n) is 1.88. The molecule has 7 nitrogen and oxygen atoms in total. The van der Waals surface area contributed by atoms with Crippen LogP contribution in [0.5, 0.6) is 5.75 Å². The van der Waals surface area contributed by atoms with Crippen LogP contribution in [0.25, 0.3) is 0 Å². The number of benzene rings is 2. The molecule has 126 valence electrons. The lowest BCUT2D eigenvalue weighted by atomic mass is 10.1. The van der Waals surface area contributed by atoms with Gasteiger partial charge in [0, 0.05) is 5.56 Å². The predicted octanol–water partition coefficient (Wildman–Crippen LogP) is 2.39. The molecule has 0 aliphatic carbocycles. The van der Waals surface area contributed by atoms with Gasteiger partial charge in [-0.25, -0.2) is 0 Å². The fraction of sp³-hybridized carbons (Fsp3) is 0.118. The number of ether oxygens (including phenoxy) is 1. The Hall–Kier alpha value is -3.36. The molecular formula is C17H13N3O4S. The number of methoxy groups -OCH3 is 1. The van der Waals surface area contributed by atoms with Gasteiger partial charge in [0.25, 0.3) is 0 Å². The molecule has 0 atom stereocenters. The van der Waals surface area contributed by atoms with Crippen molar-refractivity contribution in [3.05, 3.63) is 59.7 Å². The van der Waals surface area contributed by atoms with Crippen LogP contribution in [0.1, 0.15) is 11.1 Å². The Morgan fingerprint density at radius 3 is 2.24 bits per heavy atom. The summed E-state index contributed by atoms with van der Waals surface area (Å²) in [5, 5.41) is 21.3. The molecule has 8 heteroatoms. The first kappa shape index (κ1) is 18.0. The quantitative estimate of drug-likeness (QED) is 0.581. The summed E-state index contributed by atoms with van der Waals surface area (Å²) in [6.45, 7) is 0. The topological polar surface area (TPSA) is 113 Å². The zero-order chi connectivity index (χ0) is 18.3. The summed E-state index contributed by atoms with van der Waals surface area (Å²) in [6.07, 6.45) is 0.238. The van der Waals surface area contributed by atoms with E-state index in [-0.39, 0.29) is 17.0 Å². The van der Waals surface area contributed by atoms with Gasteiger partial charge in [0.15, 0.2) is 5.71 Å². The SMILES string of the molecule is COc1ccc(S(=O)(=O)ON=C(C#N)c2ccc(CC#N)cc2)cc1. The molecule has 0 saturated heterocycles. The third-order valence-electron chi connectivity index (χ3n) is 3.19. The van der Waals surface area contributed by atoms with Crippen LogP contribution in [0.2, 0.25) is 0 Å². The van der Waals surface area contributed by atoms with Crippen LogP contribution in [-0.4, -0.2) is 21.2 Å². The van der Waals surface area contributed by atoms with Gasteiger partial charge >= 0.3 is 10.1 Å². The highest BCUT2D eigenvalue weighted by atomic mass is 32.2. The second-order valence-corrected chi connectivity index (χ2v) is 6.32. The number of rotatable bonds is 6. The molecule has 0 fully saturated rings. The Labute approximate surface area is 145 Å². The van der Waals surface area contributed by atoms with Crippen molar-refractivity contribution in [1.29, 1.82) is 10.5 Å². The molecular weight excluding hydrogens is 342 g/mol. The molecule has 0 aliphatic rings. The van der Waals surface area contributed by atoms with E-state index in [2.05, 4.69) is 9.44 Å². The van der Waals surface area contributed by atoms with E-state index in [1.54, 1.807) is 30.3 Å². The van der Waals surface area contributed by atoms with Crippen LogP contribution >= 0.6 is 0 Å². The number of nitriles is 2.